The highest BCUT2D eigenvalue weighted by Crippen LogP contribution is 2.15. The van der Waals surface area contributed by atoms with Gasteiger partial charge in [0.05, 0.1) is 10.7 Å². The molecule has 0 fully saturated rings. The van der Waals surface area contributed by atoms with Gasteiger partial charge in [0.2, 0.25) is 0 Å². The number of halogens is 1. The van der Waals surface area contributed by atoms with Crippen molar-refractivity contribution in [2.24, 2.45) is 5.73 Å². The molecule has 0 saturated carbocycles. The summed E-state index contributed by atoms with van der Waals surface area (Å²) in [5.41, 5.74) is 6.76. The van der Waals surface area contributed by atoms with Crippen LogP contribution in [0.15, 0.2) is 31.0 Å². The molecule has 0 spiro atoms. The Morgan fingerprint density at radius 1 is 1.62 bits per heavy atom. The summed E-state index contributed by atoms with van der Waals surface area (Å²) >= 11 is 5.70. The molecule has 70 valence electrons. The van der Waals surface area contributed by atoms with Crippen molar-refractivity contribution in [3.8, 4) is 0 Å². The zero-order valence-electron chi connectivity index (χ0n) is 7.41. The Morgan fingerprint density at radius 3 is 2.92 bits per heavy atom. The molecule has 0 aliphatic carbocycles. The number of hydrogen-bond donors (Lipinski definition) is 1. The number of nitrogens with two attached hydrogens (primary N) is 1. The minimum absolute atomic E-state index is 0.0183. The Labute approximate surface area is 83.4 Å². The highest BCUT2D eigenvalue weighted by Gasteiger charge is 2.05. The Bertz CT molecular complexity index is 269. The van der Waals surface area contributed by atoms with Gasteiger partial charge in [0.1, 0.15) is 0 Å². The molecule has 1 rings (SSSR count). The third-order valence-corrected chi connectivity index (χ3v) is 2.04. The van der Waals surface area contributed by atoms with Gasteiger partial charge in [0, 0.05) is 12.2 Å². The Morgan fingerprint density at radius 2 is 2.38 bits per heavy atom. The molecule has 2 nitrogen and oxygen atoms in total. The van der Waals surface area contributed by atoms with Gasteiger partial charge in [0.15, 0.2) is 0 Å². The van der Waals surface area contributed by atoms with E-state index in [4.69, 9.17) is 17.3 Å². The van der Waals surface area contributed by atoms with Crippen LogP contribution in [-0.4, -0.2) is 4.98 Å². The molecule has 0 bridgehead atoms. The first kappa shape index (κ1) is 10.2. The topological polar surface area (TPSA) is 38.9 Å². The molecule has 1 aromatic rings. The number of hydrogen-bond acceptors (Lipinski definition) is 2. The van der Waals surface area contributed by atoms with Gasteiger partial charge in [0.25, 0.3) is 0 Å². The van der Waals surface area contributed by atoms with E-state index in [0.717, 1.165) is 18.5 Å². The molecular formula is C10H13ClN2. The average molecular weight is 197 g/mol. The van der Waals surface area contributed by atoms with Gasteiger partial charge >= 0.3 is 0 Å². The van der Waals surface area contributed by atoms with Crippen LogP contribution in [0.25, 0.3) is 0 Å². The van der Waals surface area contributed by atoms with Crippen LogP contribution in [0.2, 0.25) is 5.02 Å². The molecule has 0 radical (unpaired) electrons. The van der Waals surface area contributed by atoms with Crippen LogP contribution in [0.3, 0.4) is 0 Å². The van der Waals surface area contributed by atoms with Crippen molar-refractivity contribution >= 4 is 11.6 Å². The third kappa shape index (κ3) is 3.17. The molecule has 0 aromatic carbocycles. The first-order valence-electron chi connectivity index (χ1n) is 4.22. The van der Waals surface area contributed by atoms with Crippen molar-refractivity contribution < 1.29 is 0 Å². The average Bonchev–Trinajstić information content (AvgIpc) is 2.15. The normalized spacial score (nSPS) is 12.5. The van der Waals surface area contributed by atoms with E-state index in [-0.39, 0.29) is 6.04 Å². The SMILES string of the molecule is C=CCCC(N)c1ccc(Cl)cn1. The molecule has 0 amide bonds. The maximum absolute atomic E-state index is 5.88. The molecule has 2 N–H and O–H groups in total. The van der Waals surface area contributed by atoms with E-state index < -0.39 is 0 Å². The van der Waals surface area contributed by atoms with E-state index in [1.165, 1.54) is 0 Å². The molecule has 0 saturated heterocycles. The first-order valence-corrected chi connectivity index (χ1v) is 4.59. The Kier molecular flexibility index (Phi) is 3.93. The van der Waals surface area contributed by atoms with Gasteiger partial charge in [-0.1, -0.05) is 17.7 Å². The van der Waals surface area contributed by atoms with E-state index in [1.54, 1.807) is 12.3 Å². The summed E-state index contributed by atoms with van der Waals surface area (Å²) < 4.78 is 0. The van der Waals surface area contributed by atoms with Gasteiger partial charge in [-0.25, -0.2) is 0 Å². The van der Waals surface area contributed by atoms with Gasteiger partial charge in [-0.15, -0.1) is 6.58 Å². The van der Waals surface area contributed by atoms with Gasteiger partial charge < -0.3 is 5.73 Å². The van der Waals surface area contributed by atoms with Crippen molar-refractivity contribution in [1.29, 1.82) is 0 Å². The van der Waals surface area contributed by atoms with Crippen LogP contribution >= 0.6 is 11.6 Å². The van der Waals surface area contributed by atoms with Crippen LogP contribution < -0.4 is 5.73 Å². The van der Waals surface area contributed by atoms with Crippen molar-refractivity contribution in [3.05, 3.63) is 41.7 Å². The van der Waals surface area contributed by atoms with Crippen LogP contribution in [0.5, 0.6) is 0 Å². The number of aromatic nitrogens is 1. The van der Waals surface area contributed by atoms with Crippen LogP contribution in [0, 0.1) is 0 Å². The number of pyridine rings is 1. The smallest absolute Gasteiger partial charge is 0.0589 e. The van der Waals surface area contributed by atoms with E-state index in [2.05, 4.69) is 11.6 Å². The van der Waals surface area contributed by atoms with Gasteiger partial charge in [-0.05, 0) is 25.0 Å². The van der Waals surface area contributed by atoms with Crippen LogP contribution in [0.4, 0.5) is 0 Å². The summed E-state index contributed by atoms with van der Waals surface area (Å²) in [4.78, 5) is 4.14. The lowest BCUT2D eigenvalue weighted by molar-refractivity contribution is 0.642. The fraction of sp³-hybridized carbons (Fsp3) is 0.300. The summed E-state index contributed by atoms with van der Waals surface area (Å²) in [6, 6.07) is 3.64. The predicted molar refractivity (Wildman–Crippen MR) is 55.6 cm³/mol. The standard InChI is InChI=1S/C10H13ClN2/c1-2-3-4-9(12)10-6-5-8(11)7-13-10/h2,5-7,9H,1,3-4,12H2. The molecule has 0 aliphatic rings. The molecule has 3 heteroatoms. The highest BCUT2D eigenvalue weighted by atomic mass is 35.5. The summed E-state index contributed by atoms with van der Waals surface area (Å²) in [5.74, 6) is 0. The van der Waals surface area contributed by atoms with Crippen molar-refractivity contribution in [2.45, 2.75) is 18.9 Å². The summed E-state index contributed by atoms with van der Waals surface area (Å²) in [6.45, 7) is 3.64. The summed E-state index contributed by atoms with van der Waals surface area (Å²) in [5, 5.41) is 0.639. The molecular weight excluding hydrogens is 184 g/mol. The zero-order chi connectivity index (χ0) is 9.68. The minimum Gasteiger partial charge on any atom is -0.323 e. The second-order valence-corrected chi connectivity index (χ2v) is 3.31. The van der Waals surface area contributed by atoms with E-state index >= 15 is 0 Å². The highest BCUT2D eigenvalue weighted by molar-refractivity contribution is 6.30. The lowest BCUT2D eigenvalue weighted by Crippen LogP contribution is -2.11. The maximum Gasteiger partial charge on any atom is 0.0589 e. The number of allylic oxidation sites excluding steroid dienone is 1. The number of nitrogens with zero attached hydrogens (tertiary/aromatic N) is 1. The molecule has 1 heterocycles. The molecule has 1 unspecified atom stereocenters. The third-order valence-electron chi connectivity index (χ3n) is 1.81. The second-order valence-electron chi connectivity index (χ2n) is 2.87. The van der Waals surface area contributed by atoms with Crippen molar-refractivity contribution in [2.75, 3.05) is 0 Å². The Balaban J connectivity index is 2.60. The first-order chi connectivity index (χ1) is 6.24. The summed E-state index contributed by atoms with van der Waals surface area (Å²) in [6.07, 6.45) is 5.25. The Hall–Kier alpha value is -0.860. The van der Waals surface area contributed by atoms with Crippen LogP contribution in [0.1, 0.15) is 24.6 Å². The lowest BCUT2D eigenvalue weighted by atomic mass is 10.1. The van der Waals surface area contributed by atoms with E-state index in [0.29, 0.717) is 5.02 Å². The van der Waals surface area contributed by atoms with Crippen LogP contribution in [-0.2, 0) is 0 Å². The minimum atomic E-state index is -0.0183. The predicted octanol–water partition coefficient (Wildman–Crippen LogP) is 2.70. The molecule has 13 heavy (non-hydrogen) atoms. The molecule has 0 aliphatic heterocycles. The van der Waals surface area contributed by atoms with Crippen molar-refractivity contribution in [3.63, 3.8) is 0 Å². The van der Waals surface area contributed by atoms with E-state index in [1.807, 2.05) is 12.1 Å². The largest absolute Gasteiger partial charge is 0.323 e. The maximum atomic E-state index is 5.88. The monoisotopic (exact) mass is 196 g/mol. The van der Waals surface area contributed by atoms with Gasteiger partial charge in [-0.2, -0.15) is 0 Å². The molecule has 1 atom stereocenters. The quantitative estimate of drug-likeness (QED) is 0.753. The molecule has 1 aromatic heterocycles. The zero-order valence-corrected chi connectivity index (χ0v) is 8.17. The lowest BCUT2D eigenvalue weighted by Gasteiger charge is -2.08. The number of rotatable bonds is 4. The van der Waals surface area contributed by atoms with Gasteiger partial charge in [-0.3, -0.25) is 4.98 Å². The van der Waals surface area contributed by atoms with Crippen molar-refractivity contribution in [1.82, 2.24) is 4.98 Å². The van der Waals surface area contributed by atoms with E-state index in [9.17, 15) is 0 Å². The fourth-order valence-electron chi connectivity index (χ4n) is 1.05. The summed E-state index contributed by atoms with van der Waals surface area (Å²) in [7, 11) is 0. The fourth-order valence-corrected chi connectivity index (χ4v) is 1.16. The second kappa shape index (κ2) is 5.00.